The van der Waals surface area contributed by atoms with Crippen LogP contribution in [0.4, 0.5) is 17.1 Å². The van der Waals surface area contributed by atoms with Crippen LogP contribution in [0.1, 0.15) is 35.3 Å². The molecule has 0 aliphatic rings. The minimum absolute atomic E-state index is 0.0445. The number of anilines is 3. The van der Waals surface area contributed by atoms with Crippen molar-refractivity contribution in [3.8, 4) is 5.75 Å². The molecule has 1 aromatic heterocycles. The zero-order valence-electron chi connectivity index (χ0n) is 17.5. The molecule has 3 aromatic rings. The summed E-state index contributed by atoms with van der Waals surface area (Å²) in [7, 11) is 2.96. The Morgan fingerprint density at radius 2 is 1.61 bits per heavy atom. The number of nitrogens with zero attached hydrogens (tertiary/aromatic N) is 2. The molecule has 9 heteroatoms. The van der Waals surface area contributed by atoms with E-state index in [1.807, 2.05) is 37.3 Å². The summed E-state index contributed by atoms with van der Waals surface area (Å²) in [6.07, 6.45) is 0.657. The highest BCUT2D eigenvalue weighted by atomic mass is 16.3. The normalized spacial score (nSPS) is 11.7. The number of phenols is 1. The number of carbonyl (C=O) groups is 1. The first-order chi connectivity index (χ1) is 14.8. The monoisotopic (exact) mass is 423 g/mol. The van der Waals surface area contributed by atoms with Crippen molar-refractivity contribution >= 4 is 23.0 Å². The number of amides is 1. The fourth-order valence-electron chi connectivity index (χ4n) is 3.32. The van der Waals surface area contributed by atoms with Crippen LogP contribution < -0.4 is 27.5 Å². The third-order valence-electron chi connectivity index (χ3n) is 5.21. The molecule has 0 saturated heterocycles. The molecule has 0 saturated carbocycles. The molecular weight excluding hydrogens is 398 g/mol. The zero-order valence-corrected chi connectivity index (χ0v) is 17.5. The molecule has 3 rings (SSSR count). The first kappa shape index (κ1) is 21.7. The molecule has 5 N–H and O–H groups in total. The second-order valence-electron chi connectivity index (χ2n) is 7.11. The number of hydrogen-bond donors (Lipinski definition) is 4. The Kier molecular flexibility index (Phi) is 6.15. The number of nitrogens with two attached hydrogens (primary N) is 1. The molecule has 1 atom stereocenters. The lowest BCUT2D eigenvalue weighted by Crippen LogP contribution is -2.38. The average Bonchev–Trinajstić information content (AvgIpc) is 2.77. The van der Waals surface area contributed by atoms with Crippen LogP contribution in [0.15, 0.2) is 58.1 Å². The molecular formula is C22H25N5O4. The summed E-state index contributed by atoms with van der Waals surface area (Å²) in [5.41, 5.74) is 5.33. The highest BCUT2D eigenvalue weighted by molar-refractivity contribution is 5.98. The highest BCUT2D eigenvalue weighted by Crippen LogP contribution is 2.31. The van der Waals surface area contributed by atoms with Crippen LogP contribution in [0.5, 0.6) is 5.75 Å². The van der Waals surface area contributed by atoms with Gasteiger partial charge in [0.25, 0.3) is 17.0 Å². The summed E-state index contributed by atoms with van der Waals surface area (Å²) < 4.78 is 2.36. The van der Waals surface area contributed by atoms with E-state index in [1.54, 1.807) is 0 Å². The summed E-state index contributed by atoms with van der Waals surface area (Å²) in [6.45, 7) is 1.96. The Balaban J connectivity index is 2.15. The highest BCUT2D eigenvalue weighted by Gasteiger charge is 2.21. The molecule has 0 fully saturated rings. The van der Waals surface area contributed by atoms with E-state index in [9.17, 15) is 19.5 Å². The second-order valence-corrected chi connectivity index (χ2v) is 7.11. The van der Waals surface area contributed by atoms with Crippen molar-refractivity contribution in [3.05, 3.63) is 80.4 Å². The van der Waals surface area contributed by atoms with E-state index in [1.165, 1.54) is 37.0 Å². The summed E-state index contributed by atoms with van der Waals surface area (Å²) in [5, 5.41) is 16.4. The first-order valence-corrected chi connectivity index (χ1v) is 9.76. The molecule has 0 bridgehead atoms. The predicted octanol–water partition coefficient (Wildman–Crippen LogP) is 2.20. The van der Waals surface area contributed by atoms with Gasteiger partial charge in [0.1, 0.15) is 11.4 Å². The van der Waals surface area contributed by atoms with E-state index in [-0.39, 0.29) is 28.7 Å². The van der Waals surface area contributed by atoms with Crippen molar-refractivity contribution in [3.63, 3.8) is 0 Å². The van der Waals surface area contributed by atoms with Gasteiger partial charge in [-0.3, -0.25) is 14.4 Å². The minimum atomic E-state index is -0.813. The van der Waals surface area contributed by atoms with Crippen molar-refractivity contribution < 1.29 is 9.90 Å². The standard InChI is InChI=1S/C22H25N5O4/c1-4-15(13-9-6-5-7-10-13)24-17-18(22(31)27(3)26(2)21(17)30)25-16-12-8-11-14(19(16)28)20(23)29/h5-12,15,24-25,28H,4H2,1-3H3,(H2,23,29)/t15-/m1/s1. The molecule has 0 spiro atoms. The van der Waals surface area contributed by atoms with E-state index in [0.29, 0.717) is 6.42 Å². The number of aromatic nitrogens is 2. The summed E-state index contributed by atoms with van der Waals surface area (Å²) in [4.78, 5) is 37.6. The van der Waals surface area contributed by atoms with Crippen LogP contribution in [0.25, 0.3) is 0 Å². The average molecular weight is 423 g/mol. The van der Waals surface area contributed by atoms with Crippen LogP contribution in [0.3, 0.4) is 0 Å². The van der Waals surface area contributed by atoms with Crippen molar-refractivity contribution in [1.29, 1.82) is 0 Å². The van der Waals surface area contributed by atoms with Crippen LogP contribution >= 0.6 is 0 Å². The van der Waals surface area contributed by atoms with Gasteiger partial charge in [-0.25, -0.2) is 9.36 Å². The Labute approximate surface area is 178 Å². The molecule has 1 amide bonds. The van der Waals surface area contributed by atoms with Gasteiger partial charge in [0.15, 0.2) is 5.75 Å². The smallest absolute Gasteiger partial charge is 0.290 e. The molecule has 0 radical (unpaired) electrons. The molecule has 0 aliphatic heterocycles. The van der Waals surface area contributed by atoms with Gasteiger partial charge in [-0.1, -0.05) is 43.3 Å². The molecule has 9 nitrogen and oxygen atoms in total. The van der Waals surface area contributed by atoms with E-state index in [4.69, 9.17) is 5.73 Å². The van der Waals surface area contributed by atoms with E-state index < -0.39 is 22.8 Å². The van der Waals surface area contributed by atoms with Crippen LogP contribution in [0.2, 0.25) is 0 Å². The second kappa shape index (κ2) is 8.78. The zero-order chi connectivity index (χ0) is 22.7. The SMILES string of the molecule is CC[C@@H](Nc1c(Nc2cccc(C(N)=O)c2O)c(=O)n(C)n(C)c1=O)c1ccccc1. The van der Waals surface area contributed by atoms with Gasteiger partial charge in [0.2, 0.25) is 0 Å². The van der Waals surface area contributed by atoms with Crippen molar-refractivity contribution in [2.45, 2.75) is 19.4 Å². The fraction of sp³-hybridized carbons (Fsp3) is 0.227. The summed E-state index contributed by atoms with van der Waals surface area (Å²) in [6, 6.07) is 13.7. The molecule has 0 unspecified atom stereocenters. The van der Waals surface area contributed by atoms with Crippen LogP contribution in [0, 0.1) is 0 Å². The van der Waals surface area contributed by atoms with E-state index in [2.05, 4.69) is 10.6 Å². The number of benzene rings is 2. The number of hydrogen-bond acceptors (Lipinski definition) is 6. The van der Waals surface area contributed by atoms with Gasteiger partial charge in [0.05, 0.1) is 17.3 Å². The molecule has 1 heterocycles. The van der Waals surface area contributed by atoms with Crippen LogP contribution in [-0.2, 0) is 14.1 Å². The van der Waals surface area contributed by atoms with Gasteiger partial charge < -0.3 is 21.5 Å². The lowest BCUT2D eigenvalue weighted by molar-refractivity contribution is 0.0998. The van der Waals surface area contributed by atoms with E-state index in [0.717, 1.165) is 10.2 Å². The van der Waals surface area contributed by atoms with Gasteiger partial charge in [-0.05, 0) is 24.1 Å². The maximum absolute atomic E-state index is 13.1. The van der Waals surface area contributed by atoms with Crippen LogP contribution in [-0.4, -0.2) is 20.4 Å². The van der Waals surface area contributed by atoms with Gasteiger partial charge in [-0.15, -0.1) is 0 Å². The fourth-order valence-corrected chi connectivity index (χ4v) is 3.32. The number of rotatable bonds is 7. The Morgan fingerprint density at radius 1 is 1.00 bits per heavy atom. The Bertz CT molecular complexity index is 1230. The third kappa shape index (κ3) is 4.16. The maximum atomic E-state index is 13.1. The number of primary amides is 1. The number of aromatic hydroxyl groups is 1. The van der Waals surface area contributed by atoms with Crippen molar-refractivity contribution in [1.82, 2.24) is 9.36 Å². The predicted molar refractivity (Wildman–Crippen MR) is 120 cm³/mol. The van der Waals surface area contributed by atoms with Gasteiger partial charge in [0, 0.05) is 14.1 Å². The topological polar surface area (TPSA) is 131 Å². The third-order valence-corrected chi connectivity index (χ3v) is 5.21. The van der Waals surface area contributed by atoms with Gasteiger partial charge in [-0.2, -0.15) is 0 Å². The molecule has 0 aliphatic carbocycles. The summed E-state index contributed by atoms with van der Waals surface area (Å²) in [5.74, 6) is -1.22. The first-order valence-electron chi connectivity index (χ1n) is 9.76. The summed E-state index contributed by atoms with van der Waals surface area (Å²) >= 11 is 0. The minimum Gasteiger partial charge on any atom is -0.505 e. The largest absolute Gasteiger partial charge is 0.505 e. The Morgan fingerprint density at radius 3 is 2.19 bits per heavy atom. The number of nitrogens with one attached hydrogen (secondary N) is 2. The molecule has 31 heavy (non-hydrogen) atoms. The Hall–Kier alpha value is -4.01. The maximum Gasteiger partial charge on any atom is 0.290 e. The van der Waals surface area contributed by atoms with Crippen molar-refractivity contribution in [2.75, 3.05) is 10.6 Å². The lowest BCUT2D eigenvalue weighted by atomic mass is 10.0. The quantitative estimate of drug-likeness (QED) is 0.431. The molecule has 162 valence electrons. The lowest BCUT2D eigenvalue weighted by Gasteiger charge is -2.22. The molecule has 2 aromatic carbocycles. The van der Waals surface area contributed by atoms with Gasteiger partial charge >= 0.3 is 0 Å². The number of carbonyl (C=O) groups excluding carboxylic acids is 1. The van der Waals surface area contributed by atoms with Crippen molar-refractivity contribution in [2.24, 2.45) is 19.8 Å². The van der Waals surface area contributed by atoms with E-state index >= 15 is 0 Å². The number of para-hydroxylation sites is 1.